The zero-order chi connectivity index (χ0) is 13.5. The maximum Gasteiger partial charge on any atom is 0.320 e. The van der Waals surface area contributed by atoms with Crippen molar-refractivity contribution in [1.82, 2.24) is 10.3 Å². The number of aliphatic carboxylic acids is 1. The van der Waals surface area contributed by atoms with Gasteiger partial charge in [-0.05, 0) is 41.4 Å². The lowest BCUT2D eigenvalue weighted by Gasteiger charge is -2.07. The number of carboxylic acid groups (broad SMARTS) is 1. The van der Waals surface area contributed by atoms with E-state index in [9.17, 15) is 9.59 Å². The number of nitrogens with one attached hydrogen (secondary N) is 2. The summed E-state index contributed by atoms with van der Waals surface area (Å²) in [6.45, 7) is 2.13. The van der Waals surface area contributed by atoms with Gasteiger partial charge in [-0.25, -0.2) is 9.78 Å². The Hall–Kier alpha value is -1.63. The highest BCUT2D eigenvalue weighted by Gasteiger charge is 2.04. The van der Waals surface area contributed by atoms with E-state index in [4.69, 9.17) is 5.11 Å². The number of aromatic nitrogens is 1. The normalized spacial score (nSPS) is 9.89. The van der Waals surface area contributed by atoms with E-state index in [2.05, 4.69) is 31.5 Å². The molecule has 0 aliphatic rings. The van der Waals surface area contributed by atoms with Crippen LogP contribution in [0.3, 0.4) is 0 Å². The van der Waals surface area contributed by atoms with Gasteiger partial charge < -0.3 is 10.4 Å². The minimum atomic E-state index is -0.873. The van der Waals surface area contributed by atoms with E-state index in [0.29, 0.717) is 18.8 Å². The average Bonchev–Trinajstić information content (AvgIpc) is 2.29. The molecule has 1 aromatic rings. The third-order valence-corrected chi connectivity index (χ3v) is 2.95. The van der Waals surface area contributed by atoms with Crippen molar-refractivity contribution in [2.24, 2.45) is 0 Å². The van der Waals surface area contributed by atoms with Crippen LogP contribution in [0.2, 0.25) is 0 Å². The van der Waals surface area contributed by atoms with Gasteiger partial charge in [0.25, 0.3) is 0 Å². The fraction of sp³-hybridized carbons (Fsp3) is 0.364. The molecule has 0 spiro atoms. The number of pyridine rings is 1. The summed E-state index contributed by atoms with van der Waals surface area (Å²) in [5.41, 5.74) is 0.777. The average molecular weight is 316 g/mol. The van der Waals surface area contributed by atoms with Crippen LogP contribution in [0.25, 0.3) is 0 Å². The van der Waals surface area contributed by atoms with Crippen LogP contribution in [0.15, 0.2) is 16.6 Å². The number of hydrogen-bond donors (Lipinski definition) is 3. The molecule has 98 valence electrons. The first kappa shape index (κ1) is 14.4. The fourth-order valence-corrected chi connectivity index (χ4v) is 1.44. The molecule has 0 atom stereocenters. The zero-order valence-electron chi connectivity index (χ0n) is 9.86. The van der Waals surface area contributed by atoms with Gasteiger partial charge in [0.05, 0.1) is 5.69 Å². The highest BCUT2D eigenvalue weighted by Crippen LogP contribution is 2.15. The number of rotatable bonds is 5. The number of anilines is 1. The van der Waals surface area contributed by atoms with Crippen LogP contribution in [0.1, 0.15) is 18.5 Å². The maximum atomic E-state index is 11.4. The quantitative estimate of drug-likeness (QED) is 0.726. The second-order valence-electron chi connectivity index (χ2n) is 3.64. The number of carbonyl (C=O) groups excluding carboxylic acids is 1. The van der Waals surface area contributed by atoms with Crippen molar-refractivity contribution in [3.05, 3.63) is 22.3 Å². The highest BCUT2D eigenvalue weighted by molar-refractivity contribution is 9.10. The van der Waals surface area contributed by atoms with Crippen LogP contribution < -0.4 is 10.6 Å². The van der Waals surface area contributed by atoms with Crippen molar-refractivity contribution in [2.75, 3.05) is 11.9 Å². The SMILES string of the molecule is Cc1nc(NC(=O)NCCCC(=O)O)ccc1Br. The van der Waals surface area contributed by atoms with Crippen LogP contribution in [0, 0.1) is 6.92 Å². The van der Waals surface area contributed by atoms with E-state index < -0.39 is 12.0 Å². The molecule has 1 aromatic heterocycles. The summed E-state index contributed by atoms with van der Waals surface area (Å²) < 4.78 is 0.870. The number of aryl methyl sites for hydroxylation is 1. The van der Waals surface area contributed by atoms with E-state index in [1.807, 2.05) is 6.92 Å². The van der Waals surface area contributed by atoms with Crippen molar-refractivity contribution < 1.29 is 14.7 Å². The van der Waals surface area contributed by atoms with E-state index in [0.717, 1.165) is 10.2 Å². The molecule has 2 amide bonds. The van der Waals surface area contributed by atoms with Crippen molar-refractivity contribution >= 4 is 33.7 Å². The molecular weight excluding hydrogens is 302 g/mol. The molecule has 0 bridgehead atoms. The van der Waals surface area contributed by atoms with Crippen LogP contribution in [0.5, 0.6) is 0 Å². The molecule has 0 saturated carbocycles. The molecule has 0 unspecified atom stereocenters. The summed E-state index contributed by atoms with van der Waals surface area (Å²) in [7, 11) is 0. The number of nitrogens with zero attached hydrogens (tertiary/aromatic N) is 1. The first-order chi connectivity index (χ1) is 8.49. The Morgan fingerprint density at radius 3 is 2.78 bits per heavy atom. The molecule has 1 rings (SSSR count). The van der Waals surface area contributed by atoms with Crippen molar-refractivity contribution in [3.8, 4) is 0 Å². The molecule has 6 nitrogen and oxygen atoms in total. The lowest BCUT2D eigenvalue weighted by molar-refractivity contribution is -0.137. The van der Waals surface area contributed by atoms with Gasteiger partial charge >= 0.3 is 12.0 Å². The number of amides is 2. The Bertz CT molecular complexity index is 451. The van der Waals surface area contributed by atoms with Crippen LogP contribution >= 0.6 is 15.9 Å². The number of carboxylic acids is 1. The Balaban J connectivity index is 2.35. The molecule has 0 aromatic carbocycles. The Morgan fingerprint density at radius 1 is 1.44 bits per heavy atom. The second kappa shape index (κ2) is 6.95. The van der Waals surface area contributed by atoms with Crippen LogP contribution in [-0.4, -0.2) is 28.6 Å². The van der Waals surface area contributed by atoms with E-state index in [1.165, 1.54) is 0 Å². The molecule has 0 saturated heterocycles. The predicted molar refractivity (Wildman–Crippen MR) is 70.6 cm³/mol. The van der Waals surface area contributed by atoms with Crippen molar-refractivity contribution in [3.63, 3.8) is 0 Å². The van der Waals surface area contributed by atoms with Gasteiger partial charge in [0.2, 0.25) is 0 Å². The minimum absolute atomic E-state index is 0.0376. The third kappa shape index (κ3) is 5.13. The van der Waals surface area contributed by atoms with Gasteiger partial charge in [0.15, 0.2) is 0 Å². The van der Waals surface area contributed by atoms with Crippen LogP contribution in [-0.2, 0) is 4.79 Å². The summed E-state index contributed by atoms with van der Waals surface area (Å²) in [6.07, 6.45) is 0.436. The van der Waals surface area contributed by atoms with E-state index in [-0.39, 0.29) is 6.42 Å². The molecule has 1 heterocycles. The maximum absolute atomic E-state index is 11.4. The minimum Gasteiger partial charge on any atom is -0.481 e. The molecule has 0 radical (unpaired) electrons. The van der Waals surface area contributed by atoms with E-state index in [1.54, 1.807) is 12.1 Å². The first-order valence-electron chi connectivity index (χ1n) is 5.39. The summed E-state index contributed by atoms with van der Waals surface area (Å²) >= 11 is 3.31. The molecule has 7 heteroatoms. The first-order valence-corrected chi connectivity index (χ1v) is 6.18. The van der Waals surface area contributed by atoms with E-state index >= 15 is 0 Å². The van der Waals surface area contributed by atoms with Crippen molar-refractivity contribution in [2.45, 2.75) is 19.8 Å². The number of urea groups is 1. The number of carbonyl (C=O) groups is 2. The van der Waals surface area contributed by atoms with Gasteiger partial charge in [-0.3, -0.25) is 10.1 Å². The monoisotopic (exact) mass is 315 g/mol. The summed E-state index contributed by atoms with van der Waals surface area (Å²) in [4.78, 5) is 25.8. The molecule has 0 fully saturated rings. The van der Waals surface area contributed by atoms with Crippen molar-refractivity contribution in [1.29, 1.82) is 0 Å². The summed E-state index contributed by atoms with van der Waals surface area (Å²) in [5, 5.41) is 13.6. The molecule has 18 heavy (non-hydrogen) atoms. The zero-order valence-corrected chi connectivity index (χ0v) is 11.5. The largest absolute Gasteiger partial charge is 0.481 e. The molecular formula is C11H14BrN3O3. The Morgan fingerprint density at radius 2 is 2.17 bits per heavy atom. The Labute approximate surface area is 113 Å². The number of hydrogen-bond acceptors (Lipinski definition) is 3. The van der Waals surface area contributed by atoms with Gasteiger partial charge in [-0.2, -0.15) is 0 Å². The van der Waals surface area contributed by atoms with Gasteiger partial charge in [-0.15, -0.1) is 0 Å². The van der Waals surface area contributed by atoms with Crippen LogP contribution in [0.4, 0.5) is 10.6 Å². The summed E-state index contributed by atoms with van der Waals surface area (Å²) in [6, 6.07) is 3.07. The Kier molecular flexibility index (Phi) is 5.57. The van der Waals surface area contributed by atoms with Gasteiger partial charge in [0, 0.05) is 17.4 Å². The molecule has 0 aliphatic heterocycles. The fourth-order valence-electron chi connectivity index (χ4n) is 1.22. The lowest BCUT2D eigenvalue weighted by Crippen LogP contribution is -2.30. The smallest absolute Gasteiger partial charge is 0.320 e. The predicted octanol–water partition coefficient (Wildman–Crippen LogP) is 2.14. The standard InChI is InChI=1S/C11H14BrN3O3/c1-7-8(12)4-5-9(14-7)15-11(18)13-6-2-3-10(16)17/h4-5H,2-3,6H2,1H3,(H,16,17)(H2,13,14,15,18). The number of halogens is 1. The molecule has 3 N–H and O–H groups in total. The summed E-state index contributed by atoms with van der Waals surface area (Å²) in [5.74, 6) is -0.422. The highest BCUT2D eigenvalue weighted by atomic mass is 79.9. The van der Waals surface area contributed by atoms with Gasteiger partial charge in [-0.1, -0.05) is 0 Å². The molecule has 0 aliphatic carbocycles. The van der Waals surface area contributed by atoms with Gasteiger partial charge in [0.1, 0.15) is 5.82 Å². The lowest BCUT2D eigenvalue weighted by atomic mass is 10.3. The third-order valence-electron chi connectivity index (χ3n) is 2.12. The second-order valence-corrected chi connectivity index (χ2v) is 4.50. The topological polar surface area (TPSA) is 91.3 Å².